The fourth-order valence-corrected chi connectivity index (χ4v) is 5.42. The molecule has 0 aliphatic carbocycles. The molecule has 13 heteroatoms. The van der Waals surface area contributed by atoms with Gasteiger partial charge in [0.15, 0.2) is 5.13 Å². The number of nitrogens with zero attached hydrogens (tertiary/aromatic N) is 2. The van der Waals surface area contributed by atoms with Crippen molar-refractivity contribution in [1.82, 2.24) is 15.2 Å². The van der Waals surface area contributed by atoms with Gasteiger partial charge in [-0.25, -0.2) is 14.6 Å². The number of hydrogen-bond donors (Lipinski definition) is 4. The predicted octanol–water partition coefficient (Wildman–Crippen LogP) is 2.01. The molecule has 3 heterocycles. The number of aliphatic hydroxyl groups excluding tert-OH is 1. The molecule has 0 saturated carbocycles. The maximum absolute atomic E-state index is 13.0. The second-order valence-electron chi connectivity index (χ2n) is 8.47. The molecule has 4 N–H and O–H groups in total. The van der Waals surface area contributed by atoms with Crippen LogP contribution >= 0.6 is 23.1 Å². The highest BCUT2D eigenvalue weighted by molar-refractivity contribution is 8.00. The Kier molecular flexibility index (Phi) is 7.68. The Labute approximate surface area is 204 Å². The van der Waals surface area contributed by atoms with Gasteiger partial charge in [0.25, 0.3) is 11.8 Å². The van der Waals surface area contributed by atoms with E-state index in [2.05, 4.69) is 15.6 Å². The van der Waals surface area contributed by atoms with Crippen LogP contribution in [-0.2, 0) is 19.1 Å². The van der Waals surface area contributed by atoms with E-state index in [1.54, 1.807) is 32.2 Å². The first-order valence-corrected chi connectivity index (χ1v) is 12.4. The number of aliphatic carboxylic acids is 1. The fraction of sp³-hybridized carbons (Fsp3) is 0.476. The topological polar surface area (TPSA) is 158 Å². The Balaban J connectivity index is 1.72. The average molecular weight is 511 g/mol. The van der Waals surface area contributed by atoms with Crippen molar-refractivity contribution in [3.63, 3.8) is 0 Å². The third-order valence-electron chi connectivity index (χ3n) is 4.77. The lowest BCUT2D eigenvalue weighted by Gasteiger charge is -2.49. The maximum Gasteiger partial charge on any atom is 0.413 e. The van der Waals surface area contributed by atoms with Gasteiger partial charge in [-0.15, -0.1) is 23.1 Å². The fourth-order valence-electron chi connectivity index (χ4n) is 3.39. The van der Waals surface area contributed by atoms with Crippen LogP contribution < -0.4 is 10.6 Å². The van der Waals surface area contributed by atoms with Crippen LogP contribution in [0, 0.1) is 0 Å². The van der Waals surface area contributed by atoms with E-state index in [-0.39, 0.29) is 27.7 Å². The van der Waals surface area contributed by atoms with Crippen LogP contribution in [0.1, 0.15) is 39.8 Å². The summed E-state index contributed by atoms with van der Waals surface area (Å²) in [6.07, 6.45) is 1.50. The number of nitrogens with one attached hydrogen (secondary N) is 2. The summed E-state index contributed by atoms with van der Waals surface area (Å²) in [5.74, 6) is -2.16. The Hall–Kier alpha value is -2.90. The second-order valence-corrected chi connectivity index (χ2v) is 10.4. The quantitative estimate of drug-likeness (QED) is 0.318. The van der Waals surface area contributed by atoms with Gasteiger partial charge in [0, 0.05) is 11.1 Å². The number of carbonyl (C=O) groups is 4. The summed E-state index contributed by atoms with van der Waals surface area (Å²) in [7, 11) is 0. The van der Waals surface area contributed by atoms with Gasteiger partial charge < -0.3 is 20.3 Å². The van der Waals surface area contributed by atoms with E-state index in [9.17, 15) is 29.4 Å². The number of hydrogen-bond acceptors (Lipinski definition) is 9. The number of anilines is 1. The van der Waals surface area contributed by atoms with E-state index in [0.29, 0.717) is 12.1 Å². The standard InChI is InChI=1S/C21H26N4O7S2/c1-5-6-11(12-9-34-19(22-12)24-20(31)32-21(2,3)4)15(27)23-13-16(28)25-14(18(29)30)10(7-26)8-33-17(13)25/h6,9,13,17,26H,5,7-8H2,1-4H3,(H,23,27)(H,29,30)(H,22,24,31)/b11-6+/t13-,17-/m1/s1. The number of aromatic nitrogens is 1. The van der Waals surface area contributed by atoms with Gasteiger partial charge in [-0.1, -0.05) is 13.0 Å². The normalized spacial score (nSPS) is 20.4. The molecule has 184 valence electrons. The summed E-state index contributed by atoms with van der Waals surface area (Å²) in [6, 6.07) is -0.912. The molecule has 1 aromatic heterocycles. The minimum Gasteiger partial charge on any atom is -0.477 e. The minimum atomic E-state index is -1.30. The van der Waals surface area contributed by atoms with Crippen molar-refractivity contribution < 1.29 is 34.1 Å². The first-order valence-electron chi connectivity index (χ1n) is 10.4. The van der Waals surface area contributed by atoms with E-state index in [1.807, 2.05) is 6.92 Å². The van der Waals surface area contributed by atoms with Gasteiger partial charge in [-0.2, -0.15) is 0 Å². The lowest BCUT2D eigenvalue weighted by Crippen LogP contribution is -2.70. The summed E-state index contributed by atoms with van der Waals surface area (Å²) < 4.78 is 5.20. The highest BCUT2D eigenvalue weighted by Gasteiger charge is 2.54. The van der Waals surface area contributed by atoms with Gasteiger partial charge in [0.2, 0.25) is 0 Å². The largest absolute Gasteiger partial charge is 0.477 e. The third-order valence-corrected chi connectivity index (χ3v) is 6.87. The van der Waals surface area contributed by atoms with E-state index >= 15 is 0 Å². The van der Waals surface area contributed by atoms with Crippen LogP contribution in [0.4, 0.5) is 9.93 Å². The van der Waals surface area contributed by atoms with Crippen molar-refractivity contribution in [2.24, 2.45) is 0 Å². The van der Waals surface area contributed by atoms with Crippen molar-refractivity contribution in [3.8, 4) is 0 Å². The van der Waals surface area contributed by atoms with Gasteiger partial charge >= 0.3 is 12.1 Å². The number of thioether (sulfide) groups is 1. The number of rotatable bonds is 7. The second kappa shape index (κ2) is 10.2. The summed E-state index contributed by atoms with van der Waals surface area (Å²) in [4.78, 5) is 54.7. The maximum atomic E-state index is 13.0. The third kappa shape index (κ3) is 5.42. The number of ether oxygens (including phenoxy) is 1. The molecule has 3 amide bonds. The predicted molar refractivity (Wildman–Crippen MR) is 127 cm³/mol. The van der Waals surface area contributed by atoms with Crippen molar-refractivity contribution in [1.29, 1.82) is 0 Å². The van der Waals surface area contributed by atoms with E-state index in [1.165, 1.54) is 11.8 Å². The van der Waals surface area contributed by atoms with Crippen LogP contribution in [-0.4, -0.2) is 73.4 Å². The number of thiazole rings is 1. The first-order chi connectivity index (χ1) is 16.0. The van der Waals surface area contributed by atoms with E-state index < -0.39 is 47.5 Å². The SMILES string of the molecule is CC/C=C(/C(=O)N[C@@H]1C(=O)N2C(C(=O)O)=C(CO)CS[C@H]12)c1csc(NC(=O)OC(C)(C)C)n1. The molecule has 0 spiro atoms. The molecule has 0 aromatic carbocycles. The molecule has 0 bridgehead atoms. The molecule has 2 aliphatic rings. The van der Waals surface area contributed by atoms with Gasteiger partial charge in [0.1, 0.15) is 22.7 Å². The Morgan fingerprint density at radius 2 is 2.06 bits per heavy atom. The monoisotopic (exact) mass is 510 g/mol. The van der Waals surface area contributed by atoms with Crippen LogP contribution in [0.25, 0.3) is 5.57 Å². The summed E-state index contributed by atoms with van der Waals surface area (Å²) in [5.41, 5.74) is -0.0999. The number of fused-ring (bicyclic) bond motifs is 1. The highest BCUT2D eigenvalue weighted by atomic mass is 32.2. The molecular formula is C21H26N4O7S2. The summed E-state index contributed by atoms with van der Waals surface area (Å²) in [6.45, 7) is 6.58. The zero-order valence-corrected chi connectivity index (χ0v) is 20.7. The molecular weight excluding hydrogens is 484 g/mol. The van der Waals surface area contributed by atoms with Gasteiger partial charge in [0.05, 0.1) is 17.9 Å². The smallest absolute Gasteiger partial charge is 0.413 e. The van der Waals surface area contributed by atoms with E-state index in [4.69, 9.17) is 4.74 Å². The Morgan fingerprint density at radius 3 is 2.65 bits per heavy atom. The van der Waals surface area contributed by atoms with Crippen molar-refractivity contribution in [2.75, 3.05) is 17.7 Å². The lowest BCUT2D eigenvalue weighted by molar-refractivity contribution is -0.150. The molecule has 34 heavy (non-hydrogen) atoms. The summed E-state index contributed by atoms with van der Waals surface area (Å²) >= 11 is 2.39. The van der Waals surface area contributed by atoms with E-state index in [0.717, 1.165) is 16.2 Å². The van der Waals surface area contributed by atoms with Crippen LogP contribution in [0.2, 0.25) is 0 Å². The van der Waals surface area contributed by atoms with Crippen LogP contribution in [0.3, 0.4) is 0 Å². The molecule has 11 nitrogen and oxygen atoms in total. The van der Waals surface area contributed by atoms with Crippen molar-refractivity contribution in [3.05, 3.63) is 28.4 Å². The number of amides is 3. The molecule has 2 atom stereocenters. The molecule has 1 aromatic rings. The molecule has 1 fully saturated rings. The summed E-state index contributed by atoms with van der Waals surface area (Å²) in [5, 5.41) is 25.4. The lowest BCUT2D eigenvalue weighted by atomic mass is 10.0. The zero-order valence-electron chi connectivity index (χ0n) is 19.1. The minimum absolute atomic E-state index is 0.230. The molecule has 0 unspecified atom stereocenters. The van der Waals surface area contributed by atoms with Crippen molar-refractivity contribution >= 4 is 57.7 Å². The number of carboxylic acid groups (broad SMARTS) is 1. The Morgan fingerprint density at radius 1 is 1.35 bits per heavy atom. The molecule has 3 rings (SSSR count). The number of β-lactam (4-membered cyclic amide) rings is 1. The number of allylic oxidation sites excluding steroid dienone is 1. The number of aliphatic hydroxyl groups is 1. The van der Waals surface area contributed by atoms with Gasteiger partial charge in [-0.3, -0.25) is 19.8 Å². The molecule has 0 radical (unpaired) electrons. The molecule has 1 saturated heterocycles. The molecule has 2 aliphatic heterocycles. The van der Waals surface area contributed by atoms with Crippen LogP contribution in [0.5, 0.6) is 0 Å². The number of carboxylic acids is 1. The van der Waals surface area contributed by atoms with Gasteiger partial charge in [-0.05, 0) is 32.8 Å². The average Bonchev–Trinajstić information content (AvgIpc) is 3.20. The first kappa shape index (κ1) is 25.7. The Bertz CT molecular complexity index is 1070. The number of carbonyl (C=O) groups excluding carboxylic acids is 3. The van der Waals surface area contributed by atoms with Crippen molar-refractivity contribution in [2.45, 2.75) is 51.1 Å². The highest BCUT2D eigenvalue weighted by Crippen LogP contribution is 2.40. The zero-order chi connectivity index (χ0) is 25.2. The van der Waals surface area contributed by atoms with Crippen LogP contribution in [0.15, 0.2) is 22.7 Å².